The first-order valence-electron chi connectivity index (χ1n) is 8.49. The van der Waals surface area contributed by atoms with Crippen LogP contribution in [0.1, 0.15) is 30.6 Å². The lowest BCUT2D eigenvalue weighted by Crippen LogP contribution is -2.51. The molecule has 0 bridgehead atoms. The molecule has 4 heteroatoms. The van der Waals surface area contributed by atoms with Crippen LogP contribution in [-0.2, 0) is 11.3 Å². The Balaban J connectivity index is 1.37. The fraction of sp³-hybridized carbons (Fsp3) is 0.765. The van der Waals surface area contributed by atoms with E-state index in [2.05, 4.69) is 27.3 Å². The summed E-state index contributed by atoms with van der Waals surface area (Å²) < 4.78 is 6.07. The van der Waals surface area contributed by atoms with E-state index in [1.165, 1.54) is 43.6 Å². The molecule has 3 heterocycles. The number of ether oxygens (including phenoxy) is 1. The Bertz CT molecular complexity index is 444. The van der Waals surface area contributed by atoms with Crippen molar-refractivity contribution in [1.29, 1.82) is 0 Å². The van der Waals surface area contributed by atoms with Gasteiger partial charge < -0.3 is 4.74 Å². The number of nitrogens with zero attached hydrogens (tertiary/aromatic N) is 2. The molecule has 3 fully saturated rings. The summed E-state index contributed by atoms with van der Waals surface area (Å²) in [7, 11) is 0. The van der Waals surface area contributed by atoms with E-state index in [9.17, 15) is 0 Å². The molecule has 1 aliphatic carbocycles. The third-order valence-electron chi connectivity index (χ3n) is 5.42. The highest BCUT2D eigenvalue weighted by atomic mass is 32.1. The Morgan fingerprint density at radius 1 is 1.24 bits per heavy atom. The fourth-order valence-corrected chi connectivity index (χ4v) is 5.08. The summed E-state index contributed by atoms with van der Waals surface area (Å²) in [5.41, 5.74) is 0. The van der Waals surface area contributed by atoms with E-state index < -0.39 is 0 Å². The summed E-state index contributed by atoms with van der Waals surface area (Å²) in [6.45, 7) is 6.80. The first-order valence-corrected chi connectivity index (χ1v) is 9.37. The number of likely N-dealkylation sites (tertiary alicyclic amines) is 1. The smallest absolute Gasteiger partial charge is 0.0870 e. The molecular formula is C17H26N2OS. The van der Waals surface area contributed by atoms with E-state index in [1.807, 2.05) is 11.3 Å². The van der Waals surface area contributed by atoms with Crippen molar-refractivity contribution < 1.29 is 4.74 Å². The van der Waals surface area contributed by atoms with Gasteiger partial charge in [0, 0.05) is 43.6 Å². The molecule has 3 nitrogen and oxygen atoms in total. The lowest BCUT2D eigenvalue weighted by atomic mass is 10.0. The third kappa shape index (κ3) is 3.19. The van der Waals surface area contributed by atoms with Crippen LogP contribution in [-0.4, -0.2) is 54.7 Å². The first kappa shape index (κ1) is 14.2. The largest absolute Gasteiger partial charge is 0.374 e. The van der Waals surface area contributed by atoms with Gasteiger partial charge >= 0.3 is 0 Å². The van der Waals surface area contributed by atoms with Crippen LogP contribution in [0.25, 0.3) is 0 Å². The number of fused-ring (bicyclic) bond motifs is 1. The molecule has 1 saturated carbocycles. The zero-order valence-electron chi connectivity index (χ0n) is 12.7. The van der Waals surface area contributed by atoms with Crippen LogP contribution in [0.15, 0.2) is 17.5 Å². The quantitative estimate of drug-likeness (QED) is 0.851. The highest BCUT2D eigenvalue weighted by Gasteiger charge is 2.40. The molecule has 3 aliphatic rings. The average Bonchev–Trinajstić information content (AvgIpc) is 3.20. The summed E-state index contributed by atoms with van der Waals surface area (Å²) in [4.78, 5) is 6.82. The fourth-order valence-electron chi connectivity index (χ4n) is 4.34. The van der Waals surface area contributed by atoms with Crippen LogP contribution in [0, 0.1) is 5.92 Å². The molecule has 1 aromatic heterocycles. The van der Waals surface area contributed by atoms with Crippen molar-refractivity contribution in [2.75, 3.05) is 32.8 Å². The summed E-state index contributed by atoms with van der Waals surface area (Å²) in [5.74, 6) is 0.954. The Morgan fingerprint density at radius 3 is 2.95 bits per heavy atom. The van der Waals surface area contributed by atoms with Gasteiger partial charge in [0.25, 0.3) is 0 Å². The number of hydrogen-bond donors (Lipinski definition) is 0. The lowest BCUT2D eigenvalue weighted by molar-refractivity contribution is -0.0516. The molecule has 0 aromatic carbocycles. The average molecular weight is 306 g/mol. The molecule has 2 aliphatic heterocycles. The third-order valence-corrected chi connectivity index (χ3v) is 6.28. The van der Waals surface area contributed by atoms with Crippen LogP contribution in [0.5, 0.6) is 0 Å². The van der Waals surface area contributed by atoms with E-state index in [0.29, 0.717) is 12.1 Å². The second kappa shape index (κ2) is 6.37. The molecule has 116 valence electrons. The SMILES string of the molecule is c1csc(CN2C[C@@H]3OCCN(CC4CCCC4)[C@@H]3C2)c1. The molecule has 0 radical (unpaired) electrons. The predicted molar refractivity (Wildman–Crippen MR) is 86.7 cm³/mol. The topological polar surface area (TPSA) is 15.7 Å². The van der Waals surface area contributed by atoms with Gasteiger partial charge in [-0.1, -0.05) is 18.9 Å². The molecular weight excluding hydrogens is 280 g/mol. The molecule has 0 spiro atoms. The molecule has 0 unspecified atom stereocenters. The monoisotopic (exact) mass is 306 g/mol. The minimum atomic E-state index is 0.445. The summed E-state index contributed by atoms with van der Waals surface area (Å²) in [6, 6.07) is 5.05. The molecule has 0 amide bonds. The Labute approximate surface area is 131 Å². The van der Waals surface area contributed by atoms with Crippen molar-refractivity contribution in [3.8, 4) is 0 Å². The van der Waals surface area contributed by atoms with Crippen molar-refractivity contribution >= 4 is 11.3 Å². The van der Waals surface area contributed by atoms with Crippen LogP contribution < -0.4 is 0 Å². The molecule has 2 atom stereocenters. The minimum absolute atomic E-state index is 0.445. The van der Waals surface area contributed by atoms with Crippen molar-refractivity contribution in [2.24, 2.45) is 5.92 Å². The summed E-state index contributed by atoms with van der Waals surface area (Å²) >= 11 is 1.87. The Morgan fingerprint density at radius 2 is 2.14 bits per heavy atom. The maximum absolute atomic E-state index is 6.07. The van der Waals surface area contributed by atoms with Crippen LogP contribution in [0.2, 0.25) is 0 Å². The Hall–Kier alpha value is -0.420. The number of rotatable bonds is 4. The minimum Gasteiger partial charge on any atom is -0.374 e. The Kier molecular flexibility index (Phi) is 4.30. The van der Waals surface area contributed by atoms with Crippen LogP contribution in [0.3, 0.4) is 0 Å². The molecule has 21 heavy (non-hydrogen) atoms. The lowest BCUT2D eigenvalue weighted by Gasteiger charge is -2.38. The van der Waals surface area contributed by atoms with Gasteiger partial charge in [0.1, 0.15) is 0 Å². The summed E-state index contributed by atoms with van der Waals surface area (Å²) in [6.07, 6.45) is 6.25. The van der Waals surface area contributed by atoms with E-state index in [4.69, 9.17) is 4.74 Å². The number of thiophene rings is 1. The molecule has 4 rings (SSSR count). The van der Waals surface area contributed by atoms with Crippen LogP contribution in [0.4, 0.5) is 0 Å². The van der Waals surface area contributed by atoms with Crippen molar-refractivity contribution in [2.45, 2.75) is 44.4 Å². The number of hydrogen-bond acceptors (Lipinski definition) is 4. The summed E-state index contributed by atoms with van der Waals surface area (Å²) in [5, 5.41) is 2.18. The van der Waals surface area contributed by atoms with Crippen molar-refractivity contribution in [3.63, 3.8) is 0 Å². The van der Waals surface area contributed by atoms with Gasteiger partial charge in [-0.2, -0.15) is 0 Å². The van der Waals surface area contributed by atoms with Gasteiger partial charge in [-0.3, -0.25) is 9.80 Å². The molecule has 2 saturated heterocycles. The van der Waals surface area contributed by atoms with Crippen LogP contribution >= 0.6 is 11.3 Å². The first-order chi connectivity index (χ1) is 10.4. The number of morpholine rings is 1. The predicted octanol–water partition coefficient (Wildman–Crippen LogP) is 2.82. The molecule has 0 N–H and O–H groups in total. The standard InChI is InChI=1S/C17H26N2OS/c1-2-5-14(4-1)10-19-7-8-20-17-13-18(12-16(17)19)11-15-6-3-9-21-15/h3,6,9,14,16-17H,1-2,4-5,7-8,10-13H2/t16-,17+/m1/s1. The van der Waals surface area contributed by atoms with Crippen molar-refractivity contribution in [3.05, 3.63) is 22.4 Å². The van der Waals surface area contributed by atoms with Gasteiger partial charge in [0.2, 0.25) is 0 Å². The van der Waals surface area contributed by atoms with Gasteiger partial charge in [0.15, 0.2) is 0 Å². The van der Waals surface area contributed by atoms with E-state index >= 15 is 0 Å². The second-order valence-corrected chi connectivity index (χ2v) is 7.93. The molecule has 1 aromatic rings. The van der Waals surface area contributed by atoms with Gasteiger partial charge in [-0.25, -0.2) is 0 Å². The normalized spacial score (nSPS) is 31.8. The van der Waals surface area contributed by atoms with Gasteiger partial charge in [-0.05, 0) is 30.2 Å². The van der Waals surface area contributed by atoms with E-state index in [0.717, 1.165) is 32.2 Å². The van der Waals surface area contributed by atoms with E-state index in [1.54, 1.807) is 0 Å². The van der Waals surface area contributed by atoms with E-state index in [-0.39, 0.29) is 0 Å². The second-order valence-electron chi connectivity index (χ2n) is 6.90. The highest BCUT2D eigenvalue weighted by Crippen LogP contribution is 2.30. The maximum atomic E-state index is 6.07. The highest BCUT2D eigenvalue weighted by molar-refractivity contribution is 7.09. The zero-order valence-corrected chi connectivity index (χ0v) is 13.6. The van der Waals surface area contributed by atoms with Crippen molar-refractivity contribution in [1.82, 2.24) is 9.80 Å². The maximum Gasteiger partial charge on any atom is 0.0870 e. The van der Waals surface area contributed by atoms with Gasteiger partial charge in [0.05, 0.1) is 12.7 Å². The van der Waals surface area contributed by atoms with Gasteiger partial charge in [-0.15, -0.1) is 11.3 Å². The zero-order chi connectivity index (χ0) is 14.1.